The van der Waals surface area contributed by atoms with Crippen LogP contribution in [0.25, 0.3) is 0 Å². The first kappa shape index (κ1) is 32.1. The lowest BCUT2D eigenvalue weighted by atomic mass is 10.0. The summed E-state index contributed by atoms with van der Waals surface area (Å²) in [5.74, 6) is 0. The summed E-state index contributed by atoms with van der Waals surface area (Å²) in [5, 5.41) is 0. The Bertz CT molecular complexity index is 1050. The lowest BCUT2D eigenvalue weighted by Gasteiger charge is -2.03. The predicted molar refractivity (Wildman–Crippen MR) is 141 cm³/mol. The van der Waals surface area contributed by atoms with E-state index in [-0.39, 0.29) is 9.79 Å². The van der Waals surface area contributed by atoms with E-state index in [9.17, 15) is 16.8 Å². The lowest BCUT2D eigenvalue weighted by Crippen LogP contribution is -2.33. The second kappa shape index (κ2) is 18.4. The van der Waals surface area contributed by atoms with Crippen molar-refractivity contribution in [3.63, 3.8) is 0 Å². The van der Waals surface area contributed by atoms with Gasteiger partial charge in [0.1, 0.15) is 11.4 Å². The number of aryl methyl sites for hydroxylation is 1. The van der Waals surface area contributed by atoms with Gasteiger partial charge in [-0.05, 0) is 24.6 Å². The molecule has 0 unspecified atom stereocenters. The normalized spacial score (nSPS) is 11.6. The average Bonchev–Trinajstić information content (AvgIpc) is 2.84. The van der Waals surface area contributed by atoms with Crippen molar-refractivity contribution < 1.29 is 30.5 Å². The number of aromatic nitrogens is 2. The summed E-state index contributed by atoms with van der Waals surface area (Å²) in [6.45, 7) is 3.06. The Morgan fingerprint density at radius 1 is 0.694 bits per heavy atom. The van der Waals surface area contributed by atoms with Crippen molar-refractivity contribution in [3.8, 4) is 0 Å². The van der Waals surface area contributed by atoms with Gasteiger partial charge in [-0.25, -0.2) is 4.57 Å². The summed E-state index contributed by atoms with van der Waals surface area (Å²) in [4.78, 5) is 3.29. The Balaban J connectivity index is 0.000000537. The first-order valence-electron chi connectivity index (χ1n) is 13.0. The van der Waals surface area contributed by atoms with E-state index in [1.807, 2.05) is 10.8 Å². The fraction of sp³-hybridized carbons (Fsp3) is 0.615. The van der Waals surface area contributed by atoms with Crippen LogP contribution >= 0.6 is 0 Å². The largest absolute Gasteiger partial charge is 0.300 e. The molecule has 2 N–H and O–H groups in total. The number of pyridine rings is 2. The van der Waals surface area contributed by atoms with Gasteiger partial charge in [-0.3, -0.25) is 14.1 Å². The summed E-state index contributed by atoms with van der Waals surface area (Å²) in [6, 6.07) is 5.77. The zero-order valence-corrected chi connectivity index (χ0v) is 23.1. The molecule has 2 aromatic heterocycles. The minimum atomic E-state index is -4.10. The molecule has 0 atom stereocenters. The molecule has 204 valence electrons. The third-order valence-electron chi connectivity index (χ3n) is 5.83. The zero-order valence-electron chi connectivity index (χ0n) is 21.5. The van der Waals surface area contributed by atoms with Crippen molar-refractivity contribution in [3.05, 3.63) is 49.1 Å². The van der Waals surface area contributed by atoms with Gasteiger partial charge in [0.2, 0.25) is 0 Å². The minimum absolute atomic E-state index is 0.0367. The van der Waals surface area contributed by atoms with Crippen LogP contribution in [0.2, 0.25) is 0 Å². The first-order chi connectivity index (χ1) is 17.1. The van der Waals surface area contributed by atoms with Crippen LogP contribution in [0, 0.1) is 0 Å². The SMILES string of the molecule is CCCCCCCCCCCCCCCC[n+]1cccc(S(=O)(=O)O)c1.O=S(=O)(O)c1cccnc1. The summed E-state index contributed by atoms with van der Waals surface area (Å²) in [6.07, 6.45) is 24.4. The van der Waals surface area contributed by atoms with Gasteiger partial charge >= 0.3 is 0 Å². The molecule has 0 aromatic carbocycles. The smallest absolute Gasteiger partial charge is 0.282 e. The Kier molecular flexibility index (Phi) is 16.4. The highest BCUT2D eigenvalue weighted by Crippen LogP contribution is 2.13. The van der Waals surface area contributed by atoms with Gasteiger partial charge in [-0.15, -0.1) is 0 Å². The maximum Gasteiger partial charge on any atom is 0.300 e. The number of hydrogen-bond acceptors (Lipinski definition) is 5. The minimum Gasteiger partial charge on any atom is -0.282 e. The average molecular weight is 544 g/mol. The molecule has 0 aliphatic heterocycles. The van der Waals surface area contributed by atoms with E-state index in [1.165, 1.54) is 114 Å². The van der Waals surface area contributed by atoms with Crippen LogP contribution in [0.1, 0.15) is 96.8 Å². The number of unbranched alkanes of at least 4 members (excludes halogenated alkanes) is 13. The van der Waals surface area contributed by atoms with Gasteiger partial charge in [-0.1, -0.05) is 84.0 Å². The van der Waals surface area contributed by atoms with Crippen LogP contribution in [0.4, 0.5) is 0 Å². The van der Waals surface area contributed by atoms with E-state index in [0.717, 1.165) is 19.2 Å². The molecule has 0 saturated carbocycles. The molecular formula is C26H43N2O6S2+. The van der Waals surface area contributed by atoms with Crippen molar-refractivity contribution in [2.45, 2.75) is 113 Å². The first-order valence-corrected chi connectivity index (χ1v) is 15.9. The third kappa shape index (κ3) is 16.0. The van der Waals surface area contributed by atoms with Crippen LogP contribution in [0.5, 0.6) is 0 Å². The summed E-state index contributed by atoms with van der Waals surface area (Å²) < 4.78 is 62.3. The lowest BCUT2D eigenvalue weighted by molar-refractivity contribution is -0.699. The monoisotopic (exact) mass is 543 g/mol. The van der Waals surface area contributed by atoms with E-state index in [2.05, 4.69) is 11.9 Å². The summed E-state index contributed by atoms with van der Waals surface area (Å²) >= 11 is 0. The second-order valence-electron chi connectivity index (χ2n) is 9.01. The Morgan fingerprint density at radius 2 is 1.17 bits per heavy atom. The van der Waals surface area contributed by atoms with Gasteiger partial charge in [0.25, 0.3) is 20.2 Å². The highest BCUT2D eigenvalue weighted by molar-refractivity contribution is 7.86. The van der Waals surface area contributed by atoms with Crippen LogP contribution in [-0.4, -0.2) is 30.9 Å². The molecule has 0 saturated heterocycles. The standard InChI is InChI=1S/C21H37NO3S.C5H5NO3S/c1-2-3-4-5-6-7-8-9-10-11-12-13-14-15-18-22-19-16-17-21(20-22)26(23,24)25;7-10(8,9)5-2-1-3-6-4-5/h16-17,19-20H,2-15,18H2,1H3;1-4H,(H,7,8,9)/p+1. The molecular weight excluding hydrogens is 500 g/mol. The van der Waals surface area contributed by atoms with Crippen LogP contribution in [-0.2, 0) is 26.8 Å². The third-order valence-corrected chi connectivity index (χ3v) is 7.51. The molecule has 2 aromatic rings. The molecule has 0 aliphatic rings. The van der Waals surface area contributed by atoms with E-state index < -0.39 is 20.2 Å². The van der Waals surface area contributed by atoms with E-state index in [1.54, 1.807) is 6.07 Å². The van der Waals surface area contributed by atoms with Crippen molar-refractivity contribution in [1.82, 2.24) is 4.98 Å². The molecule has 0 radical (unpaired) electrons. The Hall–Kier alpha value is -1.88. The van der Waals surface area contributed by atoms with Crippen LogP contribution in [0.15, 0.2) is 58.8 Å². The fourth-order valence-electron chi connectivity index (χ4n) is 3.78. The molecule has 0 amide bonds. The van der Waals surface area contributed by atoms with E-state index >= 15 is 0 Å². The topological polar surface area (TPSA) is 126 Å². The fourth-order valence-corrected chi connectivity index (χ4v) is 4.74. The molecule has 0 bridgehead atoms. The van der Waals surface area contributed by atoms with Crippen molar-refractivity contribution in [2.24, 2.45) is 0 Å². The van der Waals surface area contributed by atoms with Crippen LogP contribution < -0.4 is 4.57 Å². The molecule has 36 heavy (non-hydrogen) atoms. The summed E-state index contributed by atoms with van der Waals surface area (Å²) in [5.41, 5.74) is 0. The molecule has 10 heteroatoms. The predicted octanol–water partition coefficient (Wildman–Crippen LogP) is 6.03. The van der Waals surface area contributed by atoms with Gasteiger partial charge in [0.05, 0.1) is 0 Å². The number of rotatable bonds is 17. The highest BCUT2D eigenvalue weighted by Gasteiger charge is 2.13. The van der Waals surface area contributed by atoms with Gasteiger partial charge in [0.15, 0.2) is 17.3 Å². The molecule has 2 heterocycles. The maximum absolute atomic E-state index is 11.1. The quantitative estimate of drug-likeness (QED) is 0.142. The number of hydrogen-bond donors (Lipinski definition) is 2. The molecule has 0 spiro atoms. The van der Waals surface area contributed by atoms with Crippen molar-refractivity contribution in [1.29, 1.82) is 0 Å². The Morgan fingerprint density at radius 3 is 1.58 bits per heavy atom. The molecule has 0 fully saturated rings. The maximum atomic E-state index is 11.1. The van der Waals surface area contributed by atoms with Gasteiger partial charge < -0.3 is 0 Å². The summed E-state index contributed by atoms with van der Waals surface area (Å²) in [7, 11) is -8.17. The van der Waals surface area contributed by atoms with E-state index in [0.29, 0.717) is 0 Å². The second-order valence-corrected chi connectivity index (χ2v) is 11.9. The highest BCUT2D eigenvalue weighted by atomic mass is 32.2. The van der Waals surface area contributed by atoms with Gasteiger partial charge in [0, 0.05) is 24.9 Å². The number of nitrogens with zero attached hydrogens (tertiary/aromatic N) is 2. The molecule has 2 rings (SSSR count). The Labute approximate surface area is 217 Å². The molecule has 8 nitrogen and oxygen atoms in total. The van der Waals surface area contributed by atoms with Gasteiger partial charge in [-0.2, -0.15) is 16.8 Å². The van der Waals surface area contributed by atoms with Crippen molar-refractivity contribution >= 4 is 20.2 Å². The zero-order chi connectivity index (χ0) is 26.7. The van der Waals surface area contributed by atoms with E-state index in [4.69, 9.17) is 9.11 Å². The van der Waals surface area contributed by atoms with Crippen molar-refractivity contribution in [2.75, 3.05) is 0 Å². The molecule has 0 aliphatic carbocycles. The van der Waals surface area contributed by atoms with Crippen LogP contribution in [0.3, 0.4) is 0 Å².